The van der Waals surface area contributed by atoms with E-state index in [9.17, 15) is 4.79 Å². The van der Waals surface area contributed by atoms with Crippen LogP contribution in [0.15, 0.2) is 76.5 Å². The van der Waals surface area contributed by atoms with Gasteiger partial charge in [0.15, 0.2) is 0 Å². The number of halogens is 3. The maximum atomic E-state index is 13.9. The summed E-state index contributed by atoms with van der Waals surface area (Å²) in [6.07, 6.45) is 4.93. The summed E-state index contributed by atoms with van der Waals surface area (Å²) < 4.78 is 0. The number of fused-ring (bicyclic) bond motifs is 2. The fraction of sp³-hybridized carbons (Fsp3) is 0.387. The largest absolute Gasteiger partial charge is 0.342 e. The number of likely N-dealkylation sites (tertiary alicyclic amines) is 2. The lowest BCUT2D eigenvalue weighted by atomic mass is 9.71. The molecule has 0 unspecified atom stereocenters. The van der Waals surface area contributed by atoms with E-state index in [0.717, 1.165) is 82.0 Å². The molecule has 0 atom stereocenters. The lowest BCUT2D eigenvalue weighted by Crippen LogP contribution is -2.52. The fourth-order valence-corrected chi connectivity index (χ4v) is 7.72. The third-order valence-corrected chi connectivity index (χ3v) is 9.93. The van der Waals surface area contributed by atoms with Crippen LogP contribution in [0.4, 0.5) is 11.4 Å². The van der Waals surface area contributed by atoms with Crippen LogP contribution in [0.1, 0.15) is 37.7 Å². The van der Waals surface area contributed by atoms with Crippen LogP contribution in [0.2, 0.25) is 10.0 Å². The first kappa shape index (κ1) is 28.6. The number of anilines is 2. The Balaban J connectivity index is 0.00000308. The number of amides is 1. The molecular formula is C31H34Cl3N3OS. The second-order valence-corrected chi connectivity index (χ2v) is 12.6. The Hall–Kier alpha value is -1.89. The molecule has 0 aromatic heterocycles. The zero-order valence-electron chi connectivity index (χ0n) is 22.0. The summed E-state index contributed by atoms with van der Waals surface area (Å²) in [4.78, 5) is 23.4. The molecule has 0 N–H and O–H groups in total. The molecule has 1 amide bonds. The zero-order valence-corrected chi connectivity index (χ0v) is 25.1. The van der Waals surface area contributed by atoms with Gasteiger partial charge in [-0.05, 0) is 99.8 Å². The molecule has 0 bridgehead atoms. The minimum Gasteiger partial charge on any atom is -0.342 e. The number of para-hydroxylation sites is 1. The lowest BCUT2D eigenvalue weighted by Gasteiger charge is -2.43. The normalized spacial score (nSPS) is 18.3. The first-order chi connectivity index (χ1) is 18.5. The molecule has 2 fully saturated rings. The molecule has 6 rings (SSSR count). The van der Waals surface area contributed by atoms with Crippen molar-refractivity contribution in [2.45, 2.75) is 47.3 Å². The van der Waals surface area contributed by atoms with Crippen LogP contribution < -0.4 is 4.90 Å². The number of piperidine rings is 1. The molecule has 3 aromatic rings. The summed E-state index contributed by atoms with van der Waals surface area (Å²) in [6.45, 7) is 5.53. The summed E-state index contributed by atoms with van der Waals surface area (Å²) >= 11 is 14.6. The highest BCUT2D eigenvalue weighted by molar-refractivity contribution is 7.99. The molecule has 8 heteroatoms. The van der Waals surface area contributed by atoms with Gasteiger partial charge in [-0.15, -0.1) is 12.4 Å². The SMILES string of the molecule is Cl.O=C(N1CCCC1)C1(c2cccc(Cl)c2)CCN(CCCN2c3ccccc3Sc3ccc(Cl)cc32)CC1. The van der Waals surface area contributed by atoms with Gasteiger partial charge in [0.2, 0.25) is 5.91 Å². The van der Waals surface area contributed by atoms with Gasteiger partial charge in [-0.3, -0.25) is 4.79 Å². The van der Waals surface area contributed by atoms with Crippen molar-refractivity contribution in [3.05, 3.63) is 82.3 Å². The molecule has 206 valence electrons. The monoisotopic (exact) mass is 601 g/mol. The number of hydrogen-bond donors (Lipinski definition) is 0. The van der Waals surface area contributed by atoms with Crippen LogP contribution >= 0.6 is 47.4 Å². The van der Waals surface area contributed by atoms with Crippen LogP contribution in [0.5, 0.6) is 0 Å². The van der Waals surface area contributed by atoms with E-state index < -0.39 is 5.41 Å². The number of nitrogens with zero attached hydrogens (tertiary/aromatic N) is 3. The van der Waals surface area contributed by atoms with Crippen molar-refractivity contribution < 1.29 is 4.79 Å². The van der Waals surface area contributed by atoms with E-state index in [-0.39, 0.29) is 12.4 Å². The molecule has 0 spiro atoms. The summed E-state index contributed by atoms with van der Waals surface area (Å²) in [7, 11) is 0. The predicted molar refractivity (Wildman–Crippen MR) is 166 cm³/mol. The second kappa shape index (κ2) is 12.3. The van der Waals surface area contributed by atoms with E-state index in [1.807, 2.05) is 36.0 Å². The van der Waals surface area contributed by atoms with E-state index in [2.05, 4.69) is 57.2 Å². The van der Waals surface area contributed by atoms with E-state index >= 15 is 0 Å². The standard InChI is InChI=1S/C31H33Cl2N3OS.ClH/c32-24-8-5-7-23(21-24)31(30(37)35-16-3-4-17-35)13-19-34(20-14-31)15-6-18-36-26-9-1-2-10-28(26)38-29-12-11-25(33)22-27(29)36;/h1-2,5,7-12,21-22H,3-4,6,13-20H2;1H. The minimum absolute atomic E-state index is 0. The Kier molecular flexibility index (Phi) is 9.04. The first-order valence-corrected chi connectivity index (χ1v) is 15.2. The van der Waals surface area contributed by atoms with E-state index in [1.165, 1.54) is 21.2 Å². The Labute approximate surface area is 252 Å². The quantitative estimate of drug-likeness (QED) is 0.285. The molecule has 3 heterocycles. The Morgan fingerprint density at radius 3 is 2.28 bits per heavy atom. The van der Waals surface area contributed by atoms with Crippen molar-refractivity contribution in [1.29, 1.82) is 0 Å². The highest BCUT2D eigenvalue weighted by Gasteiger charge is 2.45. The number of hydrogen-bond acceptors (Lipinski definition) is 4. The minimum atomic E-state index is -0.468. The molecular weight excluding hydrogens is 569 g/mol. The third kappa shape index (κ3) is 5.80. The van der Waals surface area contributed by atoms with Gasteiger partial charge in [-0.1, -0.05) is 59.2 Å². The molecule has 4 nitrogen and oxygen atoms in total. The van der Waals surface area contributed by atoms with Crippen molar-refractivity contribution in [3.63, 3.8) is 0 Å². The van der Waals surface area contributed by atoms with Crippen LogP contribution in [0.3, 0.4) is 0 Å². The molecule has 3 aromatic carbocycles. The summed E-state index contributed by atoms with van der Waals surface area (Å²) in [5.74, 6) is 0.299. The van der Waals surface area contributed by atoms with Gasteiger partial charge in [-0.25, -0.2) is 0 Å². The smallest absolute Gasteiger partial charge is 0.233 e. The van der Waals surface area contributed by atoms with Crippen LogP contribution in [-0.4, -0.2) is 55.0 Å². The van der Waals surface area contributed by atoms with Gasteiger partial charge >= 0.3 is 0 Å². The molecule has 39 heavy (non-hydrogen) atoms. The lowest BCUT2D eigenvalue weighted by molar-refractivity contribution is -0.138. The Morgan fingerprint density at radius 1 is 0.795 bits per heavy atom. The van der Waals surface area contributed by atoms with Gasteiger partial charge in [0.1, 0.15) is 0 Å². The average Bonchev–Trinajstić information content (AvgIpc) is 3.48. The Morgan fingerprint density at radius 2 is 1.51 bits per heavy atom. The van der Waals surface area contributed by atoms with Crippen LogP contribution in [0, 0.1) is 0 Å². The maximum absolute atomic E-state index is 13.9. The fourth-order valence-electron chi connectivity index (χ4n) is 6.29. The van der Waals surface area contributed by atoms with Crippen LogP contribution in [0.25, 0.3) is 0 Å². The van der Waals surface area contributed by atoms with Crippen molar-refractivity contribution in [2.24, 2.45) is 0 Å². The highest BCUT2D eigenvalue weighted by atomic mass is 35.5. The first-order valence-electron chi connectivity index (χ1n) is 13.7. The zero-order chi connectivity index (χ0) is 26.1. The topological polar surface area (TPSA) is 26.8 Å². The van der Waals surface area contributed by atoms with Gasteiger partial charge in [0.25, 0.3) is 0 Å². The van der Waals surface area contributed by atoms with E-state index in [1.54, 1.807) is 0 Å². The number of carbonyl (C=O) groups is 1. The molecule has 0 radical (unpaired) electrons. The predicted octanol–water partition coefficient (Wildman–Crippen LogP) is 8.06. The molecule has 0 aliphatic carbocycles. The van der Waals surface area contributed by atoms with Gasteiger partial charge in [0.05, 0.1) is 16.8 Å². The average molecular weight is 603 g/mol. The van der Waals surface area contributed by atoms with E-state index in [0.29, 0.717) is 10.9 Å². The number of rotatable bonds is 6. The van der Waals surface area contributed by atoms with Crippen LogP contribution in [-0.2, 0) is 10.2 Å². The maximum Gasteiger partial charge on any atom is 0.233 e. The summed E-state index contributed by atoms with van der Waals surface area (Å²) in [5, 5.41) is 1.48. The van der Waals surface area contributed by atoms with Crippen molar-refractivity contribution in [1.82, 2.24) is 9.80 Å². The van der Waals surface area contributed by atoms with Crippen molar-refractivity contribution >= 4 is 64.7 Å². The molecule has 3 aliphatic rings. The van der Waals surface area contributed by atoms with Crippen molar-refractivity contribution in [2.75, 3.05) is 44.2 Å². The van der Waals surface area contributed by atoms with Crippen molar-refractivity contribution in [3.8, 4) is 0 Å². The molecule has 0 saturated carbocycles. The summed E-state index contributed by atoms with van der Waals surface area (Å²) in [6, 6.07) is 22.8. The van der Waals surface area contributed by atoms with Gasteiger partial charge in [-0.2, -0.15) is 0 Å². The third-order valence-electron chi connectivity index (χ3n) is 8.33. The van der Waals surface area contributed by atoms with Gasteiger partial charge < -0.3 is 14.7 Å². The van der Waals surface area contributed by atoms with E-state index in [4.69, 9.17) is 23.2 Å². The molecule has 2 saturated heterocycles. The number of carbonyl (C=O) groups excluding carboxylic acids is 1. The second-order valence-electron chi connectivity index (χ2n) is 10.6. The Bertz CT molecular complexity index is 1320. The highest BCUT2D eigenvalue weighted by Crippen LogP contribution is 2.48. The molecule has 3 aliphatic heterocycles. The van der Waals surface area contributed by atoms with Gasteiger partial charge in [0, 0.05) is 39.5 Å². The summed E-state index contributed by atoms with van der Waals surface area (Å²) in [5.41, 5.74) is 3.06. The number of benzene rings is 3.